The summed E-state index contributed by atoms with van der Waals surface area (Å²) in [7, 11) is 1.60. The van der Waals surface area contributed by atoms with Gasteiger partial charge in [-0.1, -0.05) is 18.2 Å². The van der Waals surface area contributed by atoms with Crippen molar-refractivity contribution in [2.24, 2.45) is 0 Å². The minimum Gasteiger partial charge on any atom is -0.493 e. The van der Waals surface area contributed by atoms with E-state index in [9.17, 15) is 4.79 Å². The molecule has 0 spiro atoms. The lowest BCUT2D eigenvalue weighted by Gasteiger charge is -2.28. The largest absolute Gasteiger partial charge is 0.493 e. The second kappa shape index (κ2) is 9.61. The Morgan fingerprint density at radius 2 is 1.94 bits per heavy atom. The van der Waals surface area contributed by atoms with E-state index in [2.05, 4.69) is 20.2 Å². The lowest BCUT2D eigenvalue weighted by atomic mass is 10.2. The van der Waals surface area contributed by atoms with Crippen molar-refractivity contribution in [3.8, 4) is 11.5 Å². The molecule has 0 saturated carbocycles. The van der Waals surface area contributed by atoms with Gasteiger partial charge in [-0.2, -0.15) is 0 Å². The molecule has 0 aliphatic carbocycles. The molecule has 3 aromatic rings. The van der Waals surface area contributed by atoms with E-state index in [0.717, 1.165) is 35.4 Å². The van der Waals surface area contributed by atoms with Gasteiger partial charge in [-0.25, -0.2) is 9.97 Å². The molecule has 1 aliphatic heterocycles. The normalized spacial score (nSPS) is 13.8. The number of para-hydroxylation sites is 1. The van der Waals surface area contributed by atoms with Crippen LogP contribution in [0.15, 0.2) is 42.5 Å². The van der Waals surface area contributed by atoms with Crippen molar-refractivity contribution in [3.63, 3.8) is 0 Å². The minimum atomic E-state index is -0.325. The fraction of sp³-hybridized carbons (Fsp3) is 0.348. The number of ether oxygens (including phenoxy) is 3. The van der Waals surface area contributed by atoms with Crippen molar-refractivity contribution in [3.05, 3.63) is 53.9 Å². The first-order valence-electron chi connectivity index (χ1n) is 10.4. The van der Waals surface area contributed by atoms with Crippen LogP contribution in [0.2, 0.25) is 0 Å². The summed E-state index contributed by atoms with van der Waals surface area (Å²) >= 11 is 0. The molecule has 1 aromatic heterocycles. The zero-order valence-corrected chi connectivity index (χ0v) is 17.8. The number of methoxy groups -OCH3 is 1. The molecule has 2 aromatic carbocycles. The van der Waals surface area contributed by atoms with Gasteiger partial charge in [-0.3, -0.25) is 4.79 Å². The molecule has 1 N–H and O–H groups in total. The van der Waals surface area contributed by atoms with Crippen LogP contribution in [0.25, 0.3) is 10.9 Å². The van der Waals surface area contributed by atoms with Crippen molar-refractivity contribution in [1.29, 1.82) is 0 Å². The van der Waals surface area contributed by atoms with E-state index in [4.69, 9.17) is 14.2 Å². The molecule has 1 saturated heterocycles. The van der Waals surface area contributed by atoms with Crippen LogP contribution in [-0.2, 0) is 11.3 Å². The maximum Gasteiger partial charge on any atom is 0.289 e. The van der Waals surface area contributed by atoms with Crippen molar-refractivity contribution in [1.82, 2.24) is 15.3 Å². The molecular weight excluding hydrogens is 396 g/mol. The lowest BCUT2D eigenvalue weighted by Crippen LogP contribution is -2.37. The molecule has 1 amide bonds. The molecule has 1 aliphatic rings. The second-order valence-corrected chi connectivity index (χ2v) is 7.09. The number of carbonyl (C=O) groups is 1. The highest BCUT2D eigenvalue weighted by Gasteiger charge is 2.20. The average Bonchev–Trinajstić information content (AvgIpc) is 2.82. The molecule has 2 heterocycles. The first-order chi connectivity index (χ1) is 15.2. The van der Waals surface area contributed by atoms with Gasteiger partial charge in [-0.15, -0.1) is 0 Å². The quantitative estimate of drug-likeness (QED) is 0.627. The van der Waals surface area contributed by atoms with Crippen molar-refractivity contribution in [2.75, 3.05) is 44.9 Å². The van der Waals surface area contributed by atoms with Crippen LogP contribution in [0.3, 0.4) is 0 Å². The summed E-state index contributed by atoms with van der Waals surface area (Å²) in [5, 5.41) is 3.84. The number of carbonyl (C=O) groups excluding carboxylic acids is 1. The fourth-order valence-electron chi connectivity index (χ4n) is 3.54. The molecule has 8 heteroatoms. The molecule has 8 nitrogen and oxygen atoms in total. The van der Waals surface area contributed by atoms with E-state index in [1.165, 1.54) is 0 Å². The van der Waals surface area contributed by atoms with Gasteiger partial charge < -0.3 is 24.4 Å². The van der Waals surface area contributed by atoms with E-state index in [-0.39, 0.29) is 11.7 Å². The van der Waals surface area contributed by atoms with Crippen molar-refractivity contribution < 1.29 is 19.0 Å². The highest BCUT2D eigenvalue weighted by atomic mass is 16.5. The van der Waals surface area contributed by atoms with Crippen LogP contribution in [0, 0.1) is 0 Å². The van der Waals surface area contributed by atoms with E-state index in [0.29, 0.717) is 37.9 Å². The number of benzene rings is 2. The number of aromatic nitrogens is 2. The Bertz CT molecular complexity index is 1070. The van der Waals surface area contributed by atoms with E-state index < -0.39 is 0 Å². The molecule has 0 radical (unpaired) electrons. The van der Waals surface area contributed by atoms with Gasteiger partial charge in [0.1, 0.15) is 5.82 Å². The number of fused-ring (bicyclic) bond motifs is 1. The monoisotopic (exact) mass is 422 g/mol. The van der Waals surface area contributed by atoms with E-state index in [1.807, 2.05) is 49.4 Å². The Morgan fingerprint density at radius 1 is 1.13 bits per heavy atom. The molecule has 0 atom stereocenters. The summed E-state index contributed by atoms with van der Waals surface area (Å²) in [6.45, 7) is 5.51. The number of hydrogen-bond donors (Lipinski definition) is 1. The molecule has 0 unspecified atom stereocenters. The first-order valence-corrected chi connectivity index (χ1v) is 10.4. The van der Waals surface area contributed by atoms with Gasteiger partial charge in [0.15, 0.2) is 11.5 Å². The van der Waals surface area contributed by atoms with Gasteiger partial charge in [0.2, 0.25) is 5.82 Å². The highest BCUT2D eigenvalue weighted by Crippen LogP contribution is 2.28. The predicted molar refractivity (Wildman–Crippen MR) is 118 cm³/mol. The van der Waals surface area contributed by atoms with Gasteiger partial charge in [0.25, 0.3) is 5.91 Å². The summed E-state index contributed by atoms with van der Waals surface area (Å²) in [6.07, 6.45) is 0. The van der Waals surface area contributed by atoms with Crippen LogP contribution in [0.1, 0.15) is 23.1 Å². The first kappa shape index (κ1) is 20.9. The number of rotatable bonds is 7. The Labute approximate surface area is 181 Å². The van der Waals surface area contributed by atoms with E-state index in [1.54, 1.807) is 7.11 Å². The zero-order chi connectivity index (χ0) is 21.6. The zero-order valence-electron chi connectivity index (χ0n) is 17.8. The van der Waals surface area contributed by atoms with Crippen LogP contribution in [0.5, 0.6) is 11.5 Å². The number of nitrogens with one attached hydrogen (secondary N) is 1. The molecule has 162 valence electrons. The number of amides is 1. The molecule has 1 fully saturated rings. The Kier molecular flexibility index (Phi) is 6.47. The van der Waals surface area contributed by atoms with Gasteiger partial charge >= 0.3 is 0 Å². The highest BCUT2D eigenvalue weighted by molar-refractivity contribution is 5.96. The molecule has 31 heavy (non-hydrogen) atoms. The summed E-state index contributed by atoms with van der Waals surface area (Å²) in [5.74, 6) is 1.90. The smallest absolute Gasteiger partial charge is 0.289 e. The van der Waals surface area contributed by atoms with Crippen LogP contribution < -0.4 is 19.7 Å². The molecule has 0 bridgehead atoms. The fourth-order valence-corrected chi connectivity index (χ4v) is 3.54. The van der Waals surface area contributed by atoms with Gasteiger partial charge in [0.05, 0.1) is 32.4 Å². The van der Waals surface area contributed by atoms with E-state index >= 15 is 0 Å². The summed E-state index contributed by atoms with van der Waals surface area (Å²) < 4.78 is 16.4. The number of hydrogen-bond acceptors (Lipinski definition) is 7. The third-order valence-electron chi connectivity index (χ3n) is 5.08. The van der Waals surface area contributed by atoms with Crippen molar-refractivity contribution in [2.45, 2.75) is 13.5 Å². The van der Waals surface area contributed by atoms with Crippen molar-refractivity contribution >= 4 is 22.6 Å². The number of morpholine rings is 1. The Balaban J connectivity index is 1.56. The number of anilines is 1. The molecule has 4 rings (SSSR count). The van der Waals surface area contributed by atoms with Gasteiger partial charge in [-0.05, 0) is 36.8 Å². The SMILES string of the molecule is CCOc1cc(CNC(=O)c2nc(N3CCOCC3)c3ccccc3n2)ccc1OC. The van der Waals surface area contributed by atoms with Crippen LogP contribution >= 0.6 is 0 Å². The van der Waals surface area contributed by atoms with Gasteiger partial charge in [0, 0.05) is 25.0 Å². The summed E-state index contributed by atoms with van der Waals surface area (Å²) in [4.78, 5) is 24.1. The second-order valence-electron chi connectivity index (χ2n) is 7.09. The Morgan fingerprint density at radius 3 is 2.71 bits per heavy atom. The third kappa shape index (κ3) is 4.69. The van der Waals surface area contributed by atoms with Crippen LogP contribution in [0.4, 0.5) is 5.82 Å². The van der Waals surface area contributed by atoms with Crippen LogP contribution in [-0.4, -0.2) is 55.9 Å². The summed E-state index contributed by atoms with van der Waals surface area (Å²) in [6, 6.07) is 13.3. The average molecular weight is 422 g/mol. The molecular formula is C23H26N4O4. The standard InChI is InChI=1S/C23H26N4O4/c1-3-31-20-14-16(8-9-19(20)29-2)15-24-23(28)21-25-18-7-5-4-6-17(18)22(26-21)27-10-12-30-13-11-27/h4-9,14H,3,10-13,15H2,1-2H3,(H,24,28). The number of nitrogens with zero attached hydrogens (tertiary/aromatic N) is 3. The topological polar surface area (TPSA) is 85.8 Å². The predicted octanol–water partition coefficient (Wildman–Crippen LogP) is 2.80. The third-order valence-corrected chi connectivity index (χ3v) is 5.08. The maximum absolute atomic E-state index is 12.9. The lowest BCUT2D eigenvalue weighted by molar-refractivity contribution is 0.0940. The minimum absolute atomic E-state index is 0.152. The Hall–Kier alpha value is -3.39. The maximum atomic E-state index is 12.9. The summed E-state index contributed by atoms with van der Waals surface area (Å²) in [5.41, 5.74) is 1.64.